The largest absolute Gasteiger partial charge is 0.280 e. The third-order valence-electron chi connectivity index (χ3n) is 3.21. The van der Waals surface area contributed by atoms with Gasteiger partial charge in [0.15, 0.2) is 0 Å². The van der Waals surface area contributed by atoms with Crippen LogP contribution in [0.25, 0.3) is 10.9 Å². The molecule has 0 spiro atoms. The van der Waals surface area contributed by atoms with Gasteiger partial charge in [0.05, 0.1) is 5.52 Å². The number of rotatable bonds is 4. The summed E-state index contributed by atoms with van der Waals surface area (Å²) >= 11 is 1.56. The number of nitrogens with zero attached hydrogens (tertiary/aromatic N) is 1. The van der Waals surface area contributed by atoms with E-state index in [4.69, 9.17) is 0 Å². The van der Waals surface area contributed by atoms with Gasteiger partial charge in [-0.2, -0.15) is 0 Å². The minimum atomic E-state index is -3.69. The third-order valence-corrected chi connectivity index (χ3v) is 5.35. The van der Waals surface area contributed by atoms with Gasteiger partial charge in [-0.1, -0.05) is 24.3 Å². The molecule has 2 aromatic carbocycles. The summed E-state index contributed by atoms with van der Waals surface area (Å²) in [5, 5.41) is 0.795. The number of hydrogen-bond acceptors (Lipinski definition) is 4. The molecule has 112 valence electrons. The van der Waals surface area contributed by atoms with E-state index in [2.05, 4.69) is 9.71 Å². The van der Waals surface area contributed by atoms with Crippen molar-refractivity contribution < 1.29 is 8.42 Å². The first-order valence-corrected chi connectivity index (χ1v) is 9.31. The van der Waals surface area contributed by atoms with E-state index in [-0.39, 0.29) is 4.90 Å². The Hall–Kier alpha value is -2.05. The monoisotopic (exact) mass is 330 g/mol. The van der Waals surface area contributed by atoms with Crippen molar-refractivity contribution in [2.45, 2.75) is 9.79 Å². The van der Waals surface area contributed by atoms with Gasteiger partial charge >= 0.3 is 0 Å². The van der Waals surface area contributed by atoms with Crippen LogP contribution in [0.2, 0.25) is 0 Å². The molecule has 3 rings (SSSR count). The predicted molar refractivity (Wildman–Crippen MR) is 90.8 cm³/mol. The summed E-state index contributed by atoms with van der Waals surface area (Å²) in [6.07, 6.45) is 3.54. The molecule has 0 aliphatic heterocycles. The molecule has 0 aliphatic carbocycles. The van der Waals surface area contributed by atoms with Crippen LogP contribution < -0.4 is 4.72 Å². The van der Waals surface area contributed by atoms with Crippen molar-refractivity contribution >= 4 is 38.4 Å². The molecule has 1 N–H and O–H groups in total. The van der Waals surface area contributed by atoms with Gasteiger partial charge in [-0.3, -0.25) is 9.71 Å². The Labute approximate surface area is 133 Å². The summed E-state index contributed by atoms with van der Waals surface area (Å²) in [7, 11) is -3.69. The van der Waals surface area contributed by atoms with Crippen LogP contribution >= 0.6 is 11.8 Å². The van der Waals surface area contributed by atoms with E-state index >= 15 is 0 Å². The number of aromatic nitrogens is 1. The molecule has 0 saturated heterocycles. The van der Waals surface area contributed by atoms with Gasteiger partial charge in [0.25, 0.3) is 10.0 Å². The second kappa shape index (κ2) is 5.98. The van der Waals surface area contributed by atoms with Crippen LogP contribution in [0.3, 0.4) is 0 Å². The van der Waals surface area contributed by atoms with E-state index in [9.17, 15) is 8.42 Å². The van der Waals surface area contributed by atoms with Crippen molar-refractivity contribution in [1.82, 2.24) is 4.98 Å². The second-order valence-corrected chi connectivity index (χ2v) is 7.20. The number of para-hydroxylation sites is 1. The fourth-order valence-corrected chi connectivity index (χ4v) is 3.88. The number of sulfonamides is 1. The molecular weight excluding hydrogens is 316 g/mol. The number of nitrogens with one attached hydrogen (secondary N) is 1. The maximum Gasteiger partial charge on any atom is 0.264 e. The molecule has 0 saturated carbocycles. The van der Waals surface area contributed by atoms with E-state index < -0.39 is 10.0 Å². The van der Waals surface area contributed by atoms with Gasteiger partial charge < -0.3 is 0 Å². The number of pyridine rings is 1. The predicted octanol–water partition coefficient (Wildman–Crippen LogP) is 3.76. The molecule has 6 heteroatoms. The van der Waals surface area contributed by atoms with Gasteiger partial charge in [-0.25, -0.2) is 8.42 Å². The molecule has 0 aliphatic rings. The number of benzene rings is 2. The van der Waals surface area contributed by atoms with Gasteiger partial charge in [-0.05, 0) is 36.6 Å². The van der Waals surface area contributed by atoms with Crippen molar-refractivity contribution in [2.75, 3.05) is 11.0 Å². The quantitative estimate of drug-likeness (QED) is 0.740. The van der Waals surface area contributed by atoms with Crippen molar-refractivity contribution in [3.05, 3.63) is 60.8 Å². The summed E-state index contributed by atoms with van der Waals surface area (Å²) in [6, 6.07) is 16.1. The lowest BCUT2D eigenvalue weighted by Gasteiger charge is -2.10. The lowest BCUT2D eigenvalue weighted by atomic mass is 10.2. The number of fused-ring (bicyclic) bond motifs is 1. The first-order valence-electron chi connectivity index (χ1n) is 6.61. The Morgan fingerprint density at radius 3 is 2.64 bits per heavy atom. The molecule has 3 aromatic rings. The van der Waals surface area contributed by atoms with Crippen LogP contribution in [0.15, 0.2) is 70.6 Å². The Bertz CT molecular complexity index is 919. The highest BCUT2D eigenvalue weighted by Crippen LogP contribution is 2.25. The van der Waals surface area contributed by atoms with Gasteiger partial charge in [0.1, 0.15) is 4.90 Å². The molecule has 1 aromatic heterocycles. The maximum absolute atomic E-state index is 12.7. The van der Waals surface area contributed by atoms with Crippen LogP contribution in [0.5, 0.6) is 0 Å². The van der Waals surface area contributed by atoms with Gasteiger partial charge in [0.2, 0.25) is 0 Å². The van der Waals surface area contributed by atoms with E-state index in [1.165, 1.54) is 0 Å². The van der Waals surface area contributed by atoms with E-state index in [0.29, 0.717) is 11.2 Å². The fourth-order valence-electron chi connectivity index (χ4n) is 2.19. The Morgan fingerprint density at radius 1 is 1.05 bits per heavy atom. The van der Waals surface area contributed by atoms with Crippen molar-refractivity contribution in [3.63, 3.8) is 0 Å². The normalized spacial score (nSPS) is 11.5. The van der Waals surface area contributed by atoms with Crippen LogP contribution in [0.1, 0.15) is 0 Å². The second-order valence-electron chi connectivity index (χ2n) is 4.67. The molecule has 22 heavy (non-hydrogen) atoms. The standard InChI is InChI=1S/C16H14N2O2S2/c1-21-14-8-3-7-13(11-14)18-22(19,20)15-9-2-5-12-6-4-10-17-16(12)15/h2-11,18H,1H3. The summed E-state index contributed by atoms with van der Waals surface area (Å²) in [4.78, 5) is 5.38. The SMILES string of the molecule is CSc1cccc(NS(=O)(=O)c2cccc3cccnc23)c1. The third kappa shape index (κ3) is 2.93. The maximum atomic E-state index is 12.7. The Balaban J connectivity index is 2.05. The zero-order chi connectivity index (χ0) is 15.6. The molecule has 1 heterocycles. The molecule has 0 unspecified atom stereocenters. The number of thioether (sulfide) groups is 1. The highest BCUT2D eigenvalue weighted by atomic mass is 32.2. The summed E-state index contributed by atoms with van der Waals surface area (Å²) in [5.41, 5.74) is 1.01. The molecule has 0 atom stereocenters. The van der Waals surface area contributed by atoms with E-state index in [0.717, 1.165) is 10.3 Å². The number of anilines is 1. The van der Waals surface area contributed by atoms with Crippen LogP contribution in [-0.2, 0) is 10.0 Å². The van der Waals surface area contributed by atoms with E-state index in [1.807, 2.05) is 30.5 Å². The van der Waals surface area contributed by atoms with Crippen LogP contribution in [0, 0.1) is 0 Å². The zero-order valence-electron chi connectivity index (χ0n) is 11.9. The average Bonchev–Trinajstić information content (AvgIpc) is 2.54. The van der Waals surface area contributed by atoms with E-state index in [1.54, 1.807) is 48.3 Å². The Morgan fingerprint density at radius 2 is 1.82 bits per heavy atom. The van der Waals surface area contributed by atoms with Crippen LogP contribution in [-0.4, -0.2) is 19.7 Å². The molecule has 0 fully saturated rings. The first kappa shape index (κ1) is 14.9. The molecule has 0 bridgehead atoms. The van der Waals surface area contributed by atoms with Crippen molar-refractivity contribution in [3.8, 4) is 0 Å². The summed E-state index contributed by atoms with van der Waals surface area (Å²) in [6.45, 7) is 0. The summed E-state index contributed by atoms with van der Waals surface area (Å²) in [5.74, 6) is 0. The first-order chi connectivity index (χ1) is 10.6. The molecule has 0 radical (unpaired) electrons. The van der Waals surface area contributed by atoms with Gasteiger partial charge in [-0.15, -0.1) is 11.8 Å². The highest BCUT2D eigenvalue weighted by molar-refractivity contribution is 7.98. The minimum Gasteiger partial charge on any atom is -0.280 e. The van der Waals surface area contributed by atoms with Crippen molar-refractivity contribution in [2.24, 2.45) is 0 Å². The van der Waals surface area contributed by atoms with Crippen molar-refractivity contribution in [1.29, 1.82) is 0 Å². The molecule has 4 nitrogen and oxygen atoms in total. The van der Waals surface area contributed by atoms with Gasteiger partial charge in [0, 0.05) is 22.2 Å². The Kier molecular flexibility index (Phi) is 4.04. The smallest absolute Gasteiger partial charge is 0.264 e. The fraction of sp³-hybridized carbons (Fsp3) is 0.0625. The van der Waals surface area contributed by atoms with Crippen LogP contribution in [0.4, 0.5) is 5.69 Å². The number of hydrogen-bond donors (Lipinski definition) is 1. The highest BCUT2D eigenvalue weighted by Gasteiger charge is 2.18. The lowest BCUT2D eigenvalue weighted by molar-refractivity contribution is 0.602. The minimum absolute atomic E-state index is 0.181. The summed E-state index contributed by atoms with van der Waals surface area (Å²) < 4.78 is 27.9. The average molecular weight is 330 g/mol. The topological polar surface area (TPSA) is 59.1 Å². The zero-order valence-corrected chi connectivity index (χ0v) is 13.5. The molecular formula is C16H14N2O2S2. The molecule has 0 amide bonds. The lowest BCUT2D eigenvalue weighted by Crippen LogP contribution is -2.13.